The van der Waals surface area contributed by atoms with Gasteiger partial charge in [0.2, 0.25) is 0 Å². The minimum Gasteiger partial charge on any atom is -0.496 e. The molecule has 106 valence electrons. The molecule has 0 spiro atoms. The number of likely N-dealkylation sites (tertiary alicyclic amines) is 1. The number of nitrogens with zero attached hydrogens (tertiary/aromatic N) is 2. The van der Waals surface area contributed by atoms with Crippen LogP contribution >= 0.6 is 15.9 Å². The van der Waals surface area contributed by atoms with Crippen LogP contribution in [0.15, 0.2) is 6.20 Å². The highest BCUT2D eigenvalue weighted by atomic mass is 79.9. The Kier molecular flexibility index (Phi) is 4.85. The van der Waals surface area contributed by atoms with Crippen LogP contribution in [0.5, 0.6) is 5.75 Å². The van der Waals surface area contributed by atoms with Crippen LogP contribution in [0.3, 0.4) is 0 Å². The van der Waals surface area contributed by atoms with Gasteiger partial charge >= 0.3 is 0 Å². The fourth-order valence-electron chi connectivity index (χ4n) is 2.79. The molecule has 1 saturated heterocycles. The van der Waals surface area contributed by atoms with Gasteiger partial charge < -0.3 is 4.74 Å². The van der Waals surface area contributed by atoms with Gasteiger partial charge in [0.1, 0.15) is 5.75 Å². The van der Waals surface area contributed by atoms with Gasteiger partial charge in [-0.05, 0) is 32.7 Å². The number of halogens is 1. The van der Waals surface area contributed by atoms with Crippen molar-refractivity contribution in [3.63, 3.8) is 0 Å². The number of aromatic nitrogens is 1. The van der Waals surface area contributed by atoms with Crippen molar-refractivity contribution < 1.29 is 4.74 Å². The van der Waals surface area contributed by atoms with Crippen molar-refractivity contribution in [3.8, 4) is 5.75 Å². The van der Waals surface area contributed by atoms with Crippen molar-refractivity contribution in [1.29, 1.82) is 0 Å². The van der Waals surface area contributed by atoms with Gasteiger partial charge in [-0.1, -0.05) is 22.9 Å². The average molecular weight is 327 g/mol. The summed E-state index contributed by atoms with van der Waals surface area (Å²) in [6.45, 7) is 9.65. The Morgan fingerprint density at radius 3 is 2.84 bits per heavy atom. The second kappa shape index (κ2) is 6.23. The van der Waals surface area contributed by atoms with Crippen molar-refractivity contribution in [1.82, 2.24) is 9.88 Å². The molecular weight excluding hydrogens is 304 g/mol. The van der Waals surface area contributed by atoms with E-state index in [0.717, 1.165) is 36.6 Å². The summed E-state index contributed by atoms with van der Waals surface area (Å²) in [5, 5.41) is 0. The minimum atomic E-state index is 0.658. The lowest BCUT2D eigenvalue weighted by molar-refractivity contribution is 0.181. The van der Waals surface area contributed by atoms with Crippen LogP contribution in [0.25, 0.3) is 0 Å². The Labute approximate surface area is 124 Å². The molecule has 1 aromatic heterocycles. The molecule has 2 unspecified atom stereocenters. The number of rotatable bonds is 3. The molecule has 0 N–H and O–H groups in total. The molecule has 0 bridgehead atoms. The van der Waals surface area contributed by atoms with E-state index >= 15 is 0 Å². The summed E-state index contributed by atoms with van der Waals surface area (Å²) < 4.78 is 5.48. The maximum absolute atomic E-state index is 5.48. The molecule has 0 aromatic carbocycles. The van der Waals surface area contributed by atoms with Crippen LogP contribution in [0, 0.1) is 19.8 Å². The number of hydrogen-bond acceptors (Lipinski definition) is 3. The van der Waals surface area contributed by atoms with E-state index in [1.807, 2.05) is 13.1 Å². The third kappa shape index (κ3) is 3.29. The highest BCUT2D eigenvalue weighted by molar-refractivity contribution is 9.09. The molecule has 1 aromatic rings. The Hall–Kier alpha value is -0.610. The van der Waals surface area contributed by atoms with Gasteiger partial charge in [0.15, 0.2) is 0 Å². The summed E-state index contributed by atoms with van der Waals surface area (Å²) in [5.41, 5.74) is 3.43. The molecule has 3 nitrogen and oxygen atoms in total. The van der Waals surface area contributed by atoms with E-state index in [9.17, 15) is 0 Å². The fourth-order valence-corrected chi connectivity index (χ4v) is 3.16. The highest BCUT2D eigenvalue weighted by Crippen LogP contribution is 2.27. The molecule has 0 aliphatic carbocycles. The number of alkyl halides is 1. The normalized spacial score (nSPS) is 24.5. The highest BCUT2D eigenvalue weighted by Gasteiger charge is 2.24. The first-order valence-corrected chi connectivity index (χ1v) is 7.80. The first kappa shape index (κ1) is 14.8. The predicted molar refractivity (Wildman–Crippen MR) is 82.0 cm³/mol. The number of aryl methyl sites for hydroxylation is 1. The Bertz CT molecular complexity index is 450. The first-order valence-electron chi connectivity index (χ1n) is 6.88. The van der Waals surface area contributed by atoms with E-state index in [0.29, 0.717) is 10.7 Å². The topological polar surface area (TPSA) is 25.4 Å². The van der Waals surface area contributed by atoms with Crippen LogP contribution < -0.4 is 4.74 Å². The molecule has 2 heterocycles. The lowest BCUT2D eigenvalue weighted by Crippen LogP contribution is -2.39. The zero-order chi connectivity index (χ0) is 14.0. The van der Waals surface area contributed by atoms with Crippen molar-refractivity contribution in [3.05, 3.63) is 23.0 Å². The summed E-state index contributed by atoms with van der Waals surface area (Å²) in [7, 11) is 1.73. The zero-order valence-electron chi connectivity index (χ0n) is 12.2. The lowest BCUT2D eigenvalue weighted by Gasteiger charge is -2.34. The van der Waals surface area contributed by atoms with Gasteiger partial charge in [0.05, 0.1) is 12.8 Å². The van der Waals surface area contributed by atoms with Gasteiger partial charge in [-0.2, -0.15) is 0 Å². The third-order valence-electron chi connectivity index (χ3n) is 4.01. The van der Waals surface area contributed by atoms with Crippen molar-refractivity contribution in [2.75, 3.05) is 20.2 Å². The van der Waals surface area contributed by atoms with Gasteiger partial charge in [-0.25, -0.2) is 0 Å². The van der Waals surface area contributed by atoms with E-state index in [1.165, 1.54) is 12.0 Å². The Morgan fingerprint density at radius 2 is 2.21 bits per heavy atom. The molecular formula is C15H23BrN2O. The molecule has 2 rings (SSSR count). The molecule has 0 radical (unpaired) electrons. The van der Waals surface area contributed by atoms with E-state index in [-0.39, 0.29) is 0 Å². The van der Waals surface area contributed by atoms with E-state index in [1.54, 1.807) is 7.11 Å². The zero-order valence-corrected chi connectivity index (χ0v) is 13.8. The van der Waals surface area contributed by atoms with Gasteiger partial charge in [-0.3, -0.25) is 9.88 Å². The van der Waals surface area contributed by atoms with Crippen LogP contribution in [0.4, 0.5) is 0 Å². The SMILES string of the molecule is COc1c(C)cnc(CN2CCC(Br)C(C)C2)c1C. The quantitative estimate of drug-likeness (QED) is 0.797. The standard InChI is InChI=1S/C15H23BrN2O/c1-10-7-17-14(12(3)15(10)19-4)9-18-6-5-13(16)11(2)8-18/h7,11,13H,5-6,8-9H2,1-4H3. The minimum absolute atomic E-state index is 0.658. The summed E-state index contributed by atoms with van der Waals surface area (Å²) in [5.74, 6) is 1.68. The molecule has 1 fully saturated rings. The molecule has 1 aliphatic heterocycles. The van der Waals surface area contributed by atoms with Crippen molar-refractivity contribution >= 4 is 15.9 Å². The molecule has 4 heteroatoms. The first-order chi connectivity index (χ1) is 9.02. The summed E-state index contributed by atoms with van der Waals surface area (Å²) in [4.78, 5) is 7.74. The number of methoxy groups -OCH3 is 1. The Morgan fingerprint density at radius 1 is 1.47 bits per heavy atom. The van der Waals surface area contributed by atoms with Gasteiger partial charge in [-0.15, -0.1) is 0 Å². The Balaban J connectivity index is 2.11. The number of ether oxygens (including phenoxy) is 1. The van der Waals surface area contributed by atoms with Crippen LogP contribution in [0.1, 0.15) is 30.2 Å². The van der Waals surface area contributed by atoms with Crippen molar-refractivity contribution in [2.24, 2.45) is 5.92 Å². The van der Waals surface area contributed by atoms with Crippen LogP contribution in [-0.4, -0.2) is 34.9 Å². The maximum Gasteiger partial charge on any atom is 0.128 e. The number of piperidine rings is 1. The number of pyridine rings is 1. The second-order valence-corrected chi connectivity index (χ2v) is 6.74. The van der Waals surface area contributed by atoms with E-state index in [4.69, 9.17) is 4.74 Å². The maximum atomic E-state index is 5.48. The van der Waals surface area contributed by atoms with E-state index < -0.39 is 0 Å². The fraction of sp³-hybridized carbons (Fsp3) is 0.667. The summed E-state index contributed by atoms with van der Waals surface area (Å²) >= 11 is 3.75. The average Bonchev–Trinajstić information content (AvgIpc) is 2.38. The van der Waals surface area contributed by atoms with Crippen molar-refractivity contribution in [2.45, 2.75) is 38.6 Å². The third-order valence-corrected chi connectivity index (χ3v) is 5.37. The summed E-state index contributed by atoms with van der Waals surface area (Å²) in [6, 6.07) is 0. The van der Waals surface area contributed by atoms with Crippen LogP contribution in [0.2, 0.25) is 0 Å². The van der Waals surface area contributed by atoms with Gasteiger partial charge in [0, 0.05) is 35.2 Å². The summed E-state index contributed by atoms with van der Waals surface area (Å²) in [6.07, 6.45) is 3.13. The lowest BCUT2D eigenvalue weighted by atomic mass is 9.99. The molecule has 0 saturated carbocycles. The molecule has 0 amide bonds. The van der Waals surface area contributed by atoms with Gasteiger partial charge in [0.25, 0.3) is 0 Å². The molecule has 2 atom stereocenters. The predicted octanol–water partition coefficient (Wildman–Crippen LogP) is 3.31. The molecule has 1 aliphatic rings. The largest absolute Gasteiger partial charge is 0.496 e. The molecule has 19 heavy (non-hydrogen) atoms. The smallest absolute Gasteiger partial charge is 0.128 e. The number of hydrogen-bond donors (Lipinski definition) is 0. The van der Waals surface area contributed by atoms with E-state index in [2.05, 4.69) is 39.7 Å². The second-order valence-electron chi connectivity index (χ2n) is 5.56. The van der Waals surface area contributed by atoms with Crippen LogP contribution in [-0.2, 0) is 6.54 Å². The monoisotopic (exact) mass is 326 g/mol.